The van der Waals surface area contributed by atoms with Crippen LogP contribution in [0.3, 0.4) is 0 Å². The van der Waals surface area contributed by atoms with Gasteiger partial charge >= 0.3 is 0 Å². The highest BCUT2D eigenvalue weighted by atomic mass is 19.1. The van der Waals surface area contributed by atoms with Crippen LogP contribution < -0.4 is 5.73 Å². The van der Waals surface area contributed by atoms with E-state index in [4.69, 9.17) is 5.73 Å². The summed E-state index contributed by atoms with van der Waals surface area (Å²) in [7, 11) is 0. The van der Waals surface area contributed by atoms with Crippen LogP contribution in [0.2, 0.25) is 0 Å². The lowest BCUT2D eigenvalue weighted by atomic mass is 10.1. The van der Waals surface area contributed by atoms with Gasteiger partial charge < -0.3 is 5.73 Å². The number of hydrogen-bond acceptors (Lipinski definition) is 2. The minimum absolute atomic E-state index is 0.222. The normalized spacial score (nSPS) is 21.9. The summed E-state index contributed by atoms with van der Waals surface area (Å²) >= 11 is 0. The van der Waals surface area contributed by atoms with Crippen molar-refractivity contribution in [2.75, 3.05) is 0 Å². The van der Waals surface area contributed by atoms with E-state index in [1.165, 1.54) is 12.1 Å². The van der Waals surface area contributed by atoms with E-state index in [1.807, 2.05) is 6.07 Å². The molecule has 2 unspecified atom stereocenters. The van der Waals surface area contributed by atoms with Gasteiger partial charge in [-0.3, -0.25) is 4.98 Å². The molecule has 2 N–H and O–H groups in total. The maximum atomic E-state index is 13.6. The van der Waals surface area contributed by atoms with Gasteiger partial charge in [-0.15, -0.1) is 0 Å². The Morgan fingerprint density at radius 2 is 1.94 bits per heavy atom. The topological polar surface area (TPSA) is 38.9 Å². The molecule has 1 aromatic heterocycles. The largest absolute Gasteiger partial charge is 0.327 e. The second kappa shape index (κ2) is 4.14. The third kappa shape index (κ3) is 1.99. The lowest BCUT2D eigenvalue weighted by molar-refractivity contribution is 0.585. The zero-order valence-corrected chi connectivity index (χ0v) is 9.61. The molecule has 18 heavy (non-hydrogen) atoms. The monoisotopic (exact) mass is 246 g/mol. The van der Waals surface area contributed by atoms with Crippen molar-refractivity contribution in [1.29, 1.82) is 0 Å². The van der Waals surface area contributed by atoms with Crippen LogP contribution in [-0.2, 0) is 0 Å². The number of halogens is 2. The molecule has 0 radical (unpaired) electrons. The Hall–Kier alpha value is -1.81. The average Bonchev–Trinajstić information content (AvgIpc) is 3.07. The summed E-state index contributed by atoms with van der Waals surface area (Å²) in [6, 6.07) is 7.36. The van der Waals surface area contributed by atoms with Gasteiger partial charge in [0.2, 0.25) is 0 Å². The van der Waals surface area contributed by atoms with Crippen molar-refractivity contribution >= 4 is 0 Å². The van der Waals surface area contributed by atoms with E-state index >= 15 is 0 Å². The standard InChI is InChI=1S/C14H12F2N2/c15-9-2-3-10(12(16)5-9)14-4-1-8(7-18-14)11-6-13(11)17/h1-5,7,11,13H,6,17H2. The average molecular weight is 246 g/mol. The molecule has 4 heteroatoms. The van der Waals surface area contributed by atoms with Gasteiger partial charge in [0.05, 0.1) is 5.69 Å². The Balaban J connectivity index is 1.92. The molecular formula is C14H12F2N2. The fourth-order valence-electron chi connectivity index (χ4n) is 2.08. The van der Waals surface area contributed by atoms with Gasteiger partial charge in [0.1, 0.15) is 11.6 Å². The molecule has 1 heterocycles. The molecule has 1 fully saturated rings. The number of nitrogens with two attached hydrogens (primary N) is 1. The van der Waals surface area contributed by atoms with Crippen LogP contribution in [0.1, 0.15) is 17.9 Å². The predicted octanol–water partition coefficient (Wildman–Crippen LogP) is 2.84. The van der Waals surface area contributed by atoms with Crippen molar-refractivity contribution in [3.05, 3.63) is 53.7 Å². The molecule has 0 aliphatic heterocycles. The van der Waals surface area contributed by atoms with Crippen LogP contribution in [0.4, 0.5) is 8.78 Å². The molecule has 0 amide bonds. The lowest BCUT2D eigenvalue weighted by Crippen LogP contribution is -2.01. The molecule has 0 bridgehead atoms. The fraction of sp³-hybridized carbons (Fsp3) is 0.214. The quantitative estimate of drug-likeness (QED) is 0.885. The zero-order valence-electron chi connectivity index (χ0n) is 9.61. The summed E-state index contributed by atoms with van der Waals surface area (Å²) in [6.07, 6.45) is 2.70. The number of pyridine rings is 1. The van der Waals surface area contributed by atoms with Gasteiger partial charge in [0.25, 0.3) is 0 Å². The molecule has 1 saturated carbocycles. The van der Waals surface area contributed by atoms with E-state index in [0.717, 1.165) is 18.1 Å². The van der Waals surface area contributed by atoms with Crippen LogP contribution >= 0.6 is 0 Å². The molecule has 2 aromatic rings. The third-order valence-electron chi connectivity index (χ3n) is 3.26. The smallest absolute Gasteiger partial charge is 0.135 e. The SMILES string of the molecule is NC1CC1c1ccc(-c2ccc(F)cc2F)nc1. The molecule has 1 aromatic carbocycles. The highest BCUT2D eigenvalue weighted by Gasteiger charge is 2.34. The van der Waals surface area contributed by atoms with Crippen LogP contribution in [0, 0.1) is 11.6 Å². The molecule has 0 saturated heterocycles. The number of aromatic nitrogens is 1. The van der Waals surface area contributed by atoms with Crippen molar-refractivity contribution in [2.24, 2.45) is 5.73 Å². The maximum Gasteiger partial charge on any atom is 0.135 e. The summed E-state index contributed by atoms with van der Waals surface area (Å²) in [6.45, 7) is 0. The van der Waals surface area contributed by atoms with Gasteiger partial charge in [0, 0.05) is 29.8 Å². The number of benzene rings is 1. The van der Waals surface area contributed by atoms with Crippen LogP contribution in [-0.4, -0.2) is 11.0 Å². The second-order valence-corrected chi connectivity index (χ2v) is 4.61. The first-order valence-corrected chi connectivity index (χ1v) is 5.82. The van der Waals surface area contributed by atoms with E-state index in [1.54, 1.807) is 12.3 Å². The highest BCUT2D eigenvalue weighted by Crippen LogP contribution is 2.38. The number of nitrogens with zero attached hydrogens (tertiary/aromatic N) is 1. The molecule has 3 rings (SSSR count). The first kappa shape index (κ1) is 11.3. The van der Waals surface area contributed by atoms with E-state index < -0.39 is 11.6 Å². The van der Waals surface area contributed by atoms with Gasteiger partial charge in [-0.05, 0) is 30.2 Å². The Morgan fingerprint density at radius 1 is 1.17 bits per heavy atom. The predicted molar refractivity (Wildman–Crippen MR) is 64.9 cm³/mol. The molecule has 2 atom stereocenters. The Labute approximate surface area is 103 Å². The van der Waals surface area contributed by atoms with Crippen molar-refractivity contribution in [1.82, 2.24) is 4.98 Å². The molecule has 2 nitrogen and oxygen atoms in total. The fourth-order valence-corrected chi connectivity index (χ4v) is 2.08. The zero-order chi connectivity index (χ0) is 12.7. The first-order valence-electron chi connectivity index (χ1n) is 5.82. The molecule has 92 valence electrons. The maximum absolute atomic E-state index is 13.6. The summed E-state index contributed by atoms with van der Waals surface area (Å²) < 4.78 is 26.4. The van der Waals surface area contributed by atoms with Crippen molar-refractivity contribution < 1.29 is 8.78 Å². The second-order valence-electron chi connectivity index (χ2n) is 4.61. The number of hydrogen-bond donors (Lipinski definition) is 1. The molecule has 1 aliphatic rings. The van der Waals surface area contributed by atoms with E-state index in [2.05, 4.69) is 4.98 Å². The van der Waals surface area contributed by atoms with Crippen molar-refractivity contribution in [3.63, 3.8) is 0 Å². The third-order valence-corrected chi connectivity index (χ3v) is 3.26. The van der Waals surface area contributed by atoms with Crippen molar-refractivity contribution in [3.8, 4) is 11.3 Å². The summed E-state index contributed by atoms with van der Waals surface area (Å²) in [5, 5.41) is 0. The van der Waals surface area contributed by atoms with Gasteiger partial charge in [-0.2, -0.15) is 0 Å². The first-order chi connectivity index (χ1) is 8.65. The number of rotatable bonds is 2. The lowest BCUT2D eigenvalue weighted by Gasteiger charge is -2.04. The Kier molecular flexibility index (Phi) is 2.59. The summed E-state index contributed by atoms with van der Waals surface area (Å²) in [5.74, 6) is -0.806. The van der Waals surface area contributed by atoms with Crippen LogP contribution in [0.25, 0.3) is 11.3 Å². The summed E-state index contributed by atoms with van der Waals surface area (Å²) in [4.78, 5) is 4.22. The van der Waals surface area contributed by atoms with Gasteiger partial charge in [0.15, 0.2) is 0 Å². The van der Waals surface area contributed by atoms with Crippen molar-refractivity contribution in [2.45, 2.75) is 18.4 Å². The summed E-state index contributed by atoms with van der Waals surface area (Å²) in [5.41, 5.74) is 7.65. The molecule has 0 spiro atoms. The van der Waals surface area contributed by atoms with Gasteiger partial charge in [-0.1, -0.05) is 6.07 Å². The van der Waals surface area contributed by atoms with Crippen LogP contribution in [0.5, 0.6) is 0 Å². The highest BCUT2D eigenvalue weighted by molar-refractivity contribution is 5.60. The Bertz CT molecular complexity index is 581. The van der Waals surface area contributed by atoms with Crippen LogP contribution in [0.15, 0.2) is 36.5 Å². The van der Waals surface area contributed by atoms with E-state index in [9.17, 15) is 8.78 Å². The van der Waals surface area contributed by atoms with E-state index in [0.29, 0.717) is 17.2 Å². The minimum atomic E-state index is -0.599. The molecular weight excluding hydrogens is 234 g/mol. The van der Waals surface area contributed by atoms with Gasteiger partial charge in [-0.25, -0.2) is 8.78 Å². The minimum Gasteiger partial charge on any atom is -0.327 e. The van der Waals surface area contributed by atoms with E-state index in [-0.39, 0.29) is 6.04 Å². The molecule has 1 aliphatic carbocycles. The Morgan fingerprint density at radius 3 is 2.50 bits per heavy atom.